The summed E-state index contributed by atoms with van der Waals surface area (Å²) >= 11 is 0. The highest BCUT2D eigenvalue weighted by atomic mass is 16.5. The van der Waals surface area contributed by atoms with Crippen LogP contribution in [-0.2, 0) is 9.53 Å². The van der Waals surface area contributed by atoms with Crippen molar-refractivity contribution in [1.82, 2.24) is 14.6 Å². The van der Waals surface area contributed by atoms with E-state index in [1.807, 2.05) is 18.2 Å². The Morgan fingerprint density at radius 1 is 1.39 bits per heavy atom. The number of carbonyl (C=O) groups is 2. The van der Waals surface area contributed by atoms with Crippen LogP contribution in [0.2, 0.25) is 0 Å². The number of ether oxygens (including phenoxy) is 1. The molecule has 0 aliphatic heterocycles. The van der Waals surface area contributed by atoms with Gasteiger partial charge in [-0.3, -0.25) is 4.79 Å². The Hall–Kier alpha value is -3.22. The monoisotopic (exact) mass is 310 g/mol. The number of carbonyl (C=O) groups excluding carboxylic acids is 2. The second kappa shape index (κ2) is 6.27. The van der Waals surface area contributed by atoms with Crippen LogP contribution in [0.25, 0.3) is 16.9 Å². The smallest absolute Gasteiger partial charge is 0.343 e. The summed E-state index contributed by atoms with van der Waals surface area (Å²) in [5.41, 5.74) is 2.99. The number of anilines is 1. The minimum absolute atomic E-state index is 0.287. The second-order valence-corrected chi connectivity index (χ2v) is 4.69. The Labute approximate surface area is 131 Å². The average Bonchev–Trinajstić information content (AvgIpc) is 3.00. The van der Waals surface area contributed by atoms with Gasteiger partial charge in [0.2, 0.25) is 6.41 Å². The summed E-state index contributed by atoms with van der Waals surface area (Å²) in [7, 11) is 0. The zero-order chi connectivity index (χ0) is 16.2. The summed E-state index contributed by atoms with van der Waals surface area (Å²) in [4.78, 5) is 26.7. The Morgan fingerprint density at radius 3 is 3.04 bits per heavy atom. The lowest BCUT2D eigenvalue weighted by atomic mass is 10.1. The van der Waals surface area contributed by atoms with E-state index in [0.29, 0.717) is 23.3 Å². The van der Waals surface area contributed by atoms with Crippen molar-refractivity contribution >= 4 is 23.7 Å². The first-order valence-corrected chi connectivity index (χ1v) is 7.05. The van der Waals surface area contributed by atoms with E-state index in [4.69, 9.17) is 4.74 Å². The van der Waals surface area contributed by atoms with Gasteiger partial charge in [0.15, 0.2) is 5.65 Å². The van der Waals surface area contributed by atoms with Gasteiger partial charge in [-0.1, -0.05) is 12.1 Å². The molecule has 1 aromatic carbocycles. The minimum atomic E-state index is -0.455. The maximum absolute atomic E-state index is 11.9. The average molecular weight is 310 g/mol. The van der Waals surface area contributed by atoms with Crippen LogP contribution in [-0.4, -0.2) is 33.6 Å². The number of nitrogens with zero attached hydrogens (tertiary/aromatic N) is 3. The Bertz CT molecular complexity index is 873. The predicted molar refractivity (Wildman–Crippen MR) is 84.1 cm³/mol. The topological polar surface area (TPSA) is 85.6 Å². The molecule has 0 aliphatic carbocycles. The van der Waals surface area contributed by atoms with Crippen LogP contribution in [0, 0.1) is 0 Å². The third kappa shape index (κ3) is 2.76. The number of hydrogen-bond acceptors (Lipinski definition) is 5. The number of rotatable bonds is 5. The van der Waals surface area contributed by atoms with E-state index in [9.17, 15) is 9.59 Å². The molecule has 7 nitrogen and oxygen atoms in total. The van der Waals surface area contributed by atoms with Crippen molar-refractivity contribution in [3.63, 3.8) is 0 Å². The lowest BCUT2D eigenvalue weighted by Gasteiger charge is -2.07. The molecule has 0 saturated carbocycles. The standard InChI is InChI=1S/C16H14N4O3/c1-2-23-16(22)13-9-19-20-14(6-7-17-15(13)20)11-4-3-5-12(8-11)18-10-21/h3-10H,2H2,1H3,(H,18,21). The zero-order valence-electron chi connectivity index (χ0n) is 12.4. The van der Waals surface area contributed by atoms with Crippen molar-refractivity contribution in [3.8, 4) is 11.3 Å². The summed E-state index contributed by atoms with van der Waals surface area (Å²) in [6.07, 6.45) is 3.67. The van der Waals surface area contributed by atoms with Crippen LogP contribution >= 0.6 is 0 Å². The first kappa shape index (κ1) is 14.7. The van der Waals surface area contributed by atoms with Gasteiger partial charge in [-0.05, 0) is 25.1 Å². The third-order valence-corrected chi connectivity index (χ3v) is 3.28. The summed E-state index contributed by atoms with van der Waals surface area (Å²) in [5, 5.41) is 6.84. The van der Waals surface area contributed by atoms with E-state index in [1.165, 1.54) is 6.20 Å². The molecule has 1 amide bonds. The minimum Gasteiger partial charge on any atom is -0.462 e. The lowest BCUT2D eigenvalue weighted by molar-refractivity contribution is -0.105. The van der Waals surface area contributed by atoms with Gasteiger partial charge in [0.25, 0.3) is 0 Å². The number of aromatic nitrogens is 3. The Balaban J connectivity index is 2.10. The molecule has 3 rings (SSSR count). The van der Waals surface area contributed by atoms with Gasteiger partial charge in [0.1, 0.15) is 5.56 Å². The highest BCUT2D eigenvalue weighted by molar-refractivity contribution is 5.96. The van der Waals surface area contributed by atoms with Gasteiger partial charge in [-0.15, -0.1) is 0 Å². The number of esters is 1. The largest absolute Gasteiger partial charge is 0.462 e. The number of benzene rings is 1. The third-order valence-electron chi connectivity index (χ3n) is 3.28. The molecule has 0 saturated heterocycles. The number of amides is 1. The van der Waals surface area contributed by atoms with Gasteiger partial charge in [-0.2, -0.15) is 5.10 Å². The molecular formula is C16H14N4O3. The van der Waals surface area contributed by atoms with Gasteiger partial charge < -0.3 is 10.1 Å². The molecule has 2 heterocycles. The number of nitrogens with one attached hydrogen (secondary N) is 1. The second-order valence-electron chi connectivity index (χ2n) is 4.69. The molecule has 0 aliphatic rings. The molecule has 0 radical (unpaired) electrons. The fourth-order valence-corrected chi connectivity index (χ4v) is 2.30. The van der Waals surface area contributed by atoms with Crippen molar-refractivity contribution in [3.05, 3.63) is 48.3 Å². The summed E-state index contributed by atoms with van der Waals surface area (Å²) in [6, 6.07) is 9.09. The predicted octanol–water partition coefficient (Wildman–Crippen LogP) is 2.14. The molecule has 7 heteroatoms. The van der Waals surface area contributed by atoms with E-state index in [0.717, 1.165) is 11.3 Å². The molecule has 2 aromatic heterocycles. The first-order chi connectivity index (χ1) is 11.2. The van der Waals surface area contributed by atoms with E-state index < -0.39 is 5.97 Å². The van der Waals surface area contributed by atoms with E-state index in [-0.39, 0.29) is 6.61 Å². The van der Waals surface area contributed by atoms with E-state index >= 15 is 0 Å². The lowest BCUT2D eigenvalue weighted by Crippen LogP contribution is -2.05. The van der Waals surface area contributed by atoms with Crippen LogP contribution in [0.1, 0.15) is 17.3 Å². The molecule has 0 unspecified atom stereocenters. The van der Waals surface area contributed by atoms with Crippen LogP contribution in [0.3, 0.4) is 0 Å². The van der Waals surface area contributed by atoms with Gasteiger partial charge in [0, 0.05) is 17.4 Å². The van der Waals surface area contributed by atoms with Crippen LogP contribution < -0.4 is 5.32 Å². The molecule has 0 fully saturated rings. The summed E-state index contributed by atoms with van der Waals surface area (Å²) < 4.78 is 6.59. The SMILES string of the molecule is CCOC(=O)c1cnn2c(-c3cccc(NC=O)c3)ccnc12. The molecule has 3 aromatic rings. The van der Waals surface area contributed by atoms with Crippen LogP contribution in [0.4, 0.5) is 5.69 Å². The molecule has 0 bridgehead atoms. The fourth-order valence-electron chi connectivity index (χ4n) is 2.30. The van der Waals surface area contributed by atoms with Gasteiger partial charge >= 0.3 is 5.97 Å². The Kier molecular flexibility index (Phi) is 4.01. The summed E-state index contributed by atoms with van der Waals surface area (Å²) in [5.74, 6) is -0.455. The molecule has 1 N–H and O–H groups in total. The van der Waals surface area contributed by atoms with Crippen LogP contribution in [0.15, 0.2) is 42.7 Å². The fraction of sp³-hybridized carbons (Fsp3) is 0.125. The molecule has 23 heavy (non-hydrogen) atoms. The van der Waals surface area contributed by atoms with Crippen molar-refractivity contribution in [2.24, 2.45) is 0 Å². The molecule has 0 spiro atoms. The number of hydrogen-bond donors (Lipinski definition) is 1. The molecule has 116 valence electrons. The van der Waals surface area contributed by atoms with Gasteiger partial charge in [-0.25, -0.2) is 14.3 Å². The normalized spacial score (nSPS) is 10.5. The van der Waals surface area contributed by atoms with Crippen molar-refractivity contribution < 1.29 is 14.3 Å². The highest BCUT2D eigenvalue weighted by Gasteiger charge is 2.17. The zero-order valence-corrected chi connectivity index (χ0v) is 12.4. The summed E-state index contributed by atoms with van der Waals surface area (Å²) in [6.45, 7) is 2.03. The highest BCUT2D eigenvalue weighted by Crippen LogP contribution is 2.23. The maximum atomic E-state index is 11.9. The van der Waals surface area contributed by atoms with Crippen molar-refractivity contribution in [2.45, 2.75) is 6.92 Å². The Morgan fingerprint density at radius 2 is 2.26 bits per heavy atom. The van der Waals surface area contributed by atoms with Crippen molar-refractivity contribution in [1.29, 1.82) is 0 Å². The first-order valence-electron chi connectivity index (χ1n) is 7.05. The quantitative estimate of drug-likeness (QED) is 0.576. The van der Waals surface area contributed by atoms with E-state index in [2.05, 4.69) is 15.4 Å². The van der Waals surface area contributed by atoms with Gasteiger partial charge in [0.05, 0.1) is 18.5 Å². The molecule has 0 atom stereocenters. The number of fused-ring (bicyclic) bond motifs is 1. The maximum Gasteiger partial charge on any atom is 0.343 e. The molecular weight excluding hydrogens is 296 g/mol. The van der Waals surface area contributed by atoms with Crippen LogP contribution in [0.5, 0.6) is 0 Å². The van der Waals surface area contributed by atoms with E-state index in [1.54, 1.807) is 29.8 Å². The van der Waals surface area contributed by atoms with Crippen molar-refractivity contribution in [2.75, 3.05) is 11.9 Å².